The van der Waals surface area contributed by atoms with Crippen molar-refractivity contribution in [1.82, 2.24) is 9.96 Å². The van der Waals surface area contributed by atoms with Crippen LogP contribution in [-0.2, 0) is 19.2 Å². The molecule has 0 spiro atoms. The highest BCUT2D eigenvalue weighted by Gasteiger charge is 2.45. The van der Waals surface area contributed by atoms with Crippen LogP contribution in [0.3, 0.4) is 0 Å². The van der Waals surface area contributed by atoms with Gasteiger partial charge in [0.15, 0.2) is 0 Å². The quantitative estimate of drug-likeness (QED) is 0.768. The van der Waals surface area contributed by atoms with Crippen molar-refractivity contribution in [2.75, 3.05) is 26.2 Å². The first-order valence-electron chi connectivity index (χ1n) is 9.50. The standard InChI is InChI=1S/C18H28N2O4/c1-12-8-14(9-12)17(21)19-6-4-13-10-15(24-16(13)11-19)18(22)20-5-2-3-7-23-20/h12-16H,2-11H2,1H3/t12?,13-,14?,15-,16+/m0/s1. The van der Waals surface area contributed by atoms with Crippen LogP contribution in [0.15, 0.2) is 0 Å². The Kier molecular flexibility index (Phi) is 4.52. The molecular weight excluding hydrogens is 308 g/mol. The van der Waals surface area contributed by atoms with Gasteiger partial charge in [0.25, 0.3) is 5.91 Å². The Morgan fingerprint density at radius 3 is 2.58 bits per heavy atom. The number of rotatable bonds is 2. The van der Waals surface area contributed by atoms with Gasteiger partial charge in [0, 0.05) is 25.6 Å². The minimum Gasteiger partial charge on any atom is -0.363 e. The predicted octanol–water partition coefficient (Wildman–Crippen LogP) is 1.59. The molecule has 1 aliphatic carbocycles. The second-order valence-electron chi connectivity index (χ2n) is 7.99. The number of piperidine rings is 1. The van der Waals surface area contributed by atoms with Gasteiger partial charge >= 0.3 is 0 Å². The first-order valence-corrected chi connectivity index (χ1v) is 9.50. The van der Waals surface area contributed by atoms with Crippen LogP contribution in [0.2, 0.25) is 0 Å². The Morgan fingerprint density at radius 2 is 1.88 bits per heavy atom. The minimum absolute atomic E-state index is 0.0129. The molecule has 0 bridgehead atoms. The van der Waals surface area contributed by atoms with Crippen molar-refractivity contribution in [3.63, 3.8) is 0 Å². The van der Waals surface area contributed by atoms with Crippen LogP contribution in [0.1, 0.15) is 45.4 Å². The summed E-state index contributed by atoms with van der Waals surface area (Å²) in [6.07, 6.45) is 5.39. The molecule has 3 heterocycles. The smallest absolute Gasteiger partial charge is 0.275 e. The van der Waals surface area contributed by atoms with Gasteiger partial charge in [-0.25, -0.2) is 5.06 Å². The van der Waals surface area contributed by atoms with Crippen LogP contribution in [0.25, 0.3) is 0 Å². The lowest BCUT2D eigenvalue weighted by Crippen LogP contribution is -2.49. The molecule has 3 aliphatic heterocycles. The maximum absolute atomic E-state index is 12.6. The molecule has 0 aromatic heterocycles. The molecule has 134 valence electrons. The summed E-state index contributed by atoms with van der Waals surface area (Å²) >= 11 is 0. The summed E-state index contributed by atoms with van der Waals surface area (Å²) in [4.78, 5) is 32.5. The lowest BCUT2D eigenvalue weighted by Gasteiger charge is -2.40. The topological polar surface area (TPSA) is 59.1 Å². The van der Waals surface area contributed by atoms with E-state index in [0.29, 0.717) is 37.4 Å². The molecule has 4 aliphatic rings. The van der Waals surface area contributed by atoms with E-state index < -0.39 is 6.10 Å². The monoisotopic (exact) mass is 336 g/mol. The fourth-order valence-corrected chi connectivity index (χ4v) is 4.58. The molecule has 0 N–H and O–H groups in total. The molecule has 3 saturated heterocycles. The molecule has 0 aromatic carbocycles. The zero-order valence-corrected chi connectivity index (χ0v) is 14.5. The van der Waals surface area contributed by atoms with Gasteiger partial charge in [0.05, 0.1) is 12.7 Å². The van der Waals surface area contributed by atoms with Crippen molar-refractivity contribution in [2.45, 2.75) is 57.7 Å². The number of amides is 2. The first kappa shape index (κ1) is 16.3. The summed E-state index contributed by atoms with van der Waals surface area (Å²) in [6, 6.07) is 0. The van der Waals surface area contributed by atoms with Crippen LogP contribution in [0.4, 0.5) is 0 Å². The van der Waals surface area contributed by atoms with Gasteiger partial charge in [-0.1, -0.05) is 6.92 Å². The fourth-order valence-electron chi connectivity index (χ4n) is 4.58. The van der Waals surface area contributed by atoms with E-state index in [9.17, 15) is 9.59 Å². The number of hydrogen-bond acceptors (Lipinski definition) is 4. The molecule has 0 radical (unpaired) electrons. The number of hydrogen-bond donors (Lipinski definition) is 0. The predicted molar refractivity (Wildman–Crippen MR) is 86.8 cm³/mol. The minimum atomic E-state index is -0.392. The van der Waals surface area contributed by atoms with Crippen molar-refractivity contribution in [1.29, 1.82) is 0 Å². The number of likely N-dealkylation sites (tertiary alicyclic amines) is 1. The van der Waals surface area contributed by atoms with Crippen LogP contribution >= 0.6 is 0 Å². The van der Waals surface area contributed by atoms with Crippen molar-refractivity contribution < 1.29 is 19.2 Å². The SMILES string of the molecule is CC1CC(C(=O)N2CC[C@H]3C[C@@H](C(=O)N4CCCCO4)O[C@@H]3C2)C1. The Balaban J connectivity index is 1.32. The third-order valence-electron chi connectivity index (χ3n) is 6.11. The maximum Gasteiger partial charge on any atom is 0.275 e. The molecule has 4 rings (SSSR count). The summed E-state index contributed by atoms with van der Waals surface area (Å²) in [5, 5.41) is 1.49. The second kappa shape index (κ2) is 6.64. The van der Waals surface area contributed by atoms with Gasteiger partial charge in [-0.15, -0.1) is 0 Å². The lowest BCUT2D eigenvalue weighted by atomic mass is 9.75. The van der Waals surface area contributed by atoms with Crippen LogP contribution in [0.5, 0.6) is 0 Å². The Morgan fingerprint density at radius 1 is 1.04 bits per heavy atom. The van der Waals surface area contributed by atoms with Crippen molar-refractivity contribution in [2.24, 2.45) is 17.8 Å². The molecule has 1 saturated carbocycles. The van der Waals surface area contributed by atoms with Gasteiger partial charge in [-0.3, -0.25) is 14.4 Å². The van der Waals surface area contributed by atoms with E-state index in [1.54, 1.807) is 0 Å². The van der Waals surface area contributed by atoms with E-state index in [1.807, 2.05) is 4.90 Å². The van der Waals surface area contributed by atoms with Crippen molar-refractivity contribution in [3.8, 4) is 0 Å². The number of carbonyl (C=O) groups is 2. The number of hydroxylamine groups is 2. The molecule has 6 nitrogen and oxygen atoms in total. The van der Waals surface area contributed by atoms with E-state index in [0.717, 1.165) is 45.1 Å². The average molecular weight is 336 g/mol. The second-order valence-corrected chi connectivity index (χ2v) is 7.99. The molecule has 6 heteroatoms. The Bertz CT molecular complexity index is 499. The molecule has 0 aromatic rings. The van der Waals surface area contributed by atoms with Gasteiger partial charge in [0.1, 0.15) is 6.10 Å². The maximum atomic E-state index is 12.6. The van der Waals surface area contributed by atoms with Gasteiger partial charge < -0.3 is 9.64 Å². The summed E-state index contributed by atoms with van der Waals surface area (Å²) in [5.41, 5.74) is 0. The molecule has 0 unspecified atom stereocenters. The highest BCUT2D eigenvalue weighted by molar-refractivity contribution is 5.81. The van der Waals surface area contributed by atoms with Crippen LogP contribution in [-0.4, -0.2) is 60.2 Å². The highest BCUT2D eigenvalue weighted by Crippen LogP contribution is 2.38. The van der Waals surface area contributed by atoms with E-state index in [2.05, 4.69) is 6.92 Å². The number of fused-ring (bicyclic) bond motifs is 1. The molecule has 3 atom stereocenters. The van der Waals surface area contributed by atoms with E-state index in [4.69, 9.17) is 9.57 Å². The van der Waals surface area contributed by atoms with E-state index >= 15 is 0 Å². The van der Waals surface area contributed by atoms with Crippen molar-refractivity contribution in [3.05, 3.63) is 0 Å². The van der Waals surface area contributed by atoms with Crippen LogP contribution < -0.4 is 0 Å². The largest absolute Gasteiger partial charge is 0.363 e. The van der Waals surface area contributed by atoms with Crippen molar-refractivity contribution >= 4 is 11.8 Å². The summed E-state index contributed by atoms with van der Waals surface area (Å²) < 4.78 is 6.05. The zero-order valence-electron chi connectivity index (χ0n) is 14.5. The van der Waals surface area contributed by atoms with E-state index in [-0.39, 0.29) is 17.9 Å². The molecule has 24 heavy (non-hydrogen) atoms. The molecular formula is C18H28N2O4. The Labute approximate surface area is 143 Å². The fraction of sp³-hybridized carbons (Fsp3) is 0.889. The number of carbonyl (C=O) groups excluding carboxylic acids is 2. The summed E-state index contributed by atoms with van der Waals surface area (Å²) in [7, 11) is 0. The molecule has 4 fully saturated rings. The number of ether oxygens (including phenoxy) is 1. The molecule has 2 amide bonds. The summed E-state index contributed by atoms with van der Waals surface area (Å²) in [5.74, 6) is 1.56. The van der Waals surface area contributed by atoms with Crippen LogP contribution in [0, 0.1) is 17.8 Å². The third kappa shape index (κ3) is 3.06. The van der Waals surface area contributed by atoms with Gasteiger partial charge in [-0.2, -0.15) is 0 Å². The summed E-state index contributed by atoms with van der Waals surface area (Å²) in [6.45, 7) is 4.95. The average Bonchev–Trinajstić information content (AvgIpc) is 3.01. The van der Waals surface area contributed by atoms with Gasteiger partial charge in [-0.05, 0) is 50.4 Å². The normalized spacial score (nSPS) is 39.3. The number of nitrogens with zero attached hydrogens (tertiary/aromatic N) is 2. The lowest BCUT2D eigenvalue weighted by molar-refractivity contribution is -0.206. The third-order valence-corrected chi connectivity index (χ3v) is 6.11. The van der Waals surface area contributed by atoms with Gasteiger partial charge in [0.2, 0.25) is 5.91 Å². The van der Waals surface area contributed by atoms with E-state index in [1.165, 1.54) is 5.06 Å². The Hall–Kier alpha value is -1.14. The highest BCUT2D eigenvalue weighted by atomic mass is 16.7. The zero-order chi connectivity index (χ0) is 16.7. The first-order chi connectivity index (χ1) is 11.6.